The quantitative estimate of drug-likeness (QED) is 0.365. The first-order chi connectivity index (χ1) is 3.13. The van der Waals surface area contributed by atoms with Crippen LogP contribution in [-0.2, 0) is 4.74 Å². The first kappa shape index (κ1) is 6.65. The molecule has 0 aliphatic heterocycles. The number of rotatable bonds is 1. The van der Waals surface area contributed by atoms with Crippen LogP contribution in [0.25, 0.3) is 0 Å². The Labute approximate surface area is 47.1 Å². The van der Waals surface area contributed by atoms with E-state index in [1.165, 1.54) is 6.92 Å². The minimum Gasteiger partial charge on any atom is -0.442 e. The van der Waals surface area contributed by atoms with Gasteiger partial charge in [0.15, 0.2) is 6.29 Å². The van der Waals surface area contributed by atoms with E-state index in [4.69, 9.17) is 10.8 Å². The summed E-state index contributed by atoms with van der Waals surface area (Å²) in [6.45, 7) is 1.43. The predicted octanol–water partition coefficient (Wildman–Crippen LogP) is -0.415. The van der Waals surface area contributed by atoms with E-state index in [0.29, 0.717) is 0 Å². The van der Waals surface area contributed by atoms with Crippen molar-refractivity contribution < 1.29 is 9.84 Å². The highest BCUT2D eigenvalue weighted by molar-refractivity contribution is 7.80. The lowest BCUT2D eigenvalue weighted by Crippen LogP contribution is -2.19. The maximum absolute atomic E-state index is 8.33. The van der Waals surface area contributed by atoms with E-state index < -0.39 is 6.29 Å². The molecule has 0 aliphatic rings. The van der Waals surface area contributed by atoms with Crippen LogP contribution in [0.15, 0.2) is 0 Å². The van der Waals surface area contributed by atoms with E-state index in [1.807, 2.05) is 0 Å². The molecule has 0 heterocycles. The van der Waals surface area contributed by atoms with Gasteiger partial charge in [0.25, 0.3) is 5.17 Å². The summed E-state index contributed by atoms with van der Waals surface area (Å²) in [5.74, 6) is 0. The monoisotopic (exact) mass is 121 g/mol. The molecule has 42 valence electrons. The van der Waals surface area contributed by atoms with Gasteiger partial charge in [-0.25, -0.2) is 0 Å². The fraction of sp³-hybridized carbons (Fsp3) is 0.667. The molecule has 0 bridgehead atoms. The number of nitrogens with two attached hydrogens (primary N) is 1. The maximum atomic E-state index is 8.33. The number of ether oxygens (including phenoxy) is 1. The molecular formula is C3H7NO2S. The Morgan fingerprint density at radius 1 is 2.00 bits per heavy atom. The zero-order valence-corrected chi connectivity index (χ0v) is 4.73. The van der Waals surface area contributed by atoms with Gasteiger partial charge in [-0.2, -0.15) is 0 Å². The van der Waals surface area contributed by atoms with Crippen molar-refractivity contribution in [3.05, 3.63) is 0 Å². The largest absolute Gasteiger partial charge is 0.442 e. The zero-order chi connectivity index (χ0) is 5.86. The molecule has 0 aromatic carbocycles. The van der Waals surface area contributed by atoms with Crippen molar-refractivity contribution in [2.45, 2.75) is 13.2 Å². The number of hydrogen-bond acceptors (Lipinski definition) is 3. The highest BCUT2D eigenvalue weighted by Gasteiger charge is 1.92. The van der Waals surface area contributed by atoms with Crippen molar-refractivity contribution in [1.82, 2.24) is 0 Å². The third-order valence-electron chi connectivity index (χ3n) is 0.287. The average Bonchev–Trinajstić information content (AvgIpc) is 1.27. The van der Waals surface area contributed by atoms with Crippen molar-refractivity contribution in [3.8, 4) is 0 Å². The molecule has 3 N–H and O–H groups in total. The van der Waals surface area contributed by atoms with E-state index in [9.17, 15) is 0 Å². The van der Waals surface area contributed by atoms with Crippen LogP contribution in [0.5, 0.6) is 0 Å². The van der Waals surface area contributed by atoms with Crippen molar-refractivity contribution in [1.29, 1.82) is 0 Å². The molecule has 4 heteroatoms. The summed E-state index contributed by atoms with van der Waals surface area (Å²) in [6, 6.07) is 0. The summed E-state index contributed by atoms with van der Waals surface area (Å²) in [7, 11) is 0. The Kier molecular flexibility index (Phi) is 2.62. The van der Waals surface area contributed by atoms with Gasteiger partial charge in [0, 0.05) is 0 Å². The molecule has 0 saturated heterocycles. The highest BCUT2D eigenvalue weighted by atomic mass is 32.1. The Morgan fingerprint density at radius 3 is 2.43 bits per heavy atom. The van der Waals surface area contributed by atoms with Gasteiger partial charge in [0.2, 0.25) is 0 Å². The molecule has 0 radical (unpaired) electrons. The lowest BCUT2D eigenvalue weighted by Gasteiger charge is -2.02. The fourth-order valence-corrected chi connectivity index (χ4v) is 0.307. The number of aliphatic hydroxyl groups excluding tert-OH is 1. The second-order valence-corrected chi connectivity index (χ2v) is 1.44. The smallest absolute Gasteiger partial charge is 0.256 e. The van der Waals surface area contributed by atoms with Gasteiger partial charge < -0.3 is 15.6 Å². The van der Waals surface area contributed by atoms with E-state index in [-0.39, 0.29) is 5.17 Å². The summed E-state index contributed by atoms with van der Waals surface area (Å²) < 4.78 is 4.31. The Balaban J connectivity index is 3.13. The lowest BCUT2D eigenvalue weighted by molar-refractivity contribution is -0.00913. The molecule has 0 aromatic rings. The van der Waals surface area contributed by atoms with Gasteiger partial charge >= 0.3 is 0 Å². The van der Waals surface area contributed by atoms with Gasteiger partial charge in [-0.3, -0.25) is 0 Å². The first-order valence-corrected chi connectivity index (χ1v) is 2.18. The van der Waals surface area contributed by atoms with Crippen LogP contribution < -0.4 is 5.73 Å². The Hall–Kier alpha value is -0.350. The van der Waals surface area contributed by atoms with Gasteiger partial charge in [-0.1, -0.05) is 0 Å². The molecule has 7 heavy (non-hydrogen) atoms. The van der Waals surface area contributed by atoms with Gasteiger partial charge in [-0.15, -0.1) is 0 Å². The van der Waals surface area contributed by atoms with Crippen LogP contribution in [-0.4, -0.2) is 16.6 Å². The second kappa shape index (κ2) is 2.76. The molecular weight excluding hydrogens is 114 g/mol. The normalized spacial score (nSPS) is 12.9. The minimum atomic E-state index is -0.891. The van der Waals surface area contributed by atoms with Gasteiger partial charge in [0.1, 0.15) is 0 Å². The van der Waals surface area contributed by atoms with Crippen LogP contribution in [0, 0.1) is 0 Å². The number of hydrogen-bond donors (Lipinski definition) is 2. The van der Waals surface area contributed by atoms with Crippen LogP contribution in [0.1, 0.15) is 6.92 Å². The summed E-state index contributed by atoms with van der Waals surface area (Å²) >= 11 is 4.27. The van der Waals surface area contributed by atoms with E-state index in [0.717, 1.165) is 0 Å². The molecule has 1 atom stereocenters. The summed E-state index contributed by atoms with van der Waals surface area (Å²) in [6.07, 6.45) is -0.891. The van der Waals surface area contributed by atoms with Crippen molar-refractivity contribution in [3.63, 3.8) is 0 Å². The van der Waals surface area contributed by atoms with E-state index in [1.54, 1.807) is 0 Å². The van der Waals surface area contributed by atoms with E-state index in [2.05, 4.69) is 17.0 Å². The molecule has 0 spiro atoms. The van der Waals surface area contributed by atoms with Crippen molar-refractivity contribution in [2.75, 3.05) is 0 Å². The number of thiocarbonyl (C=S) groups is 1. The minimum absolute atomic E-state index is 0.130. The SMILES string of the molecule is CC(O)OC(N)=S. The lowest BCUT2D eigenvalue weighted by atomic mass is 10.8. The van der Waals surface area contributed by atoms with Crippen LogP contribution in [0.4, 0.5) is 0 Å². The highest BCUT2D eigenvalue weighted by Crippen LogP contribution is 1.80. The Bertz CT molecular complexity index is 73.3. The molecule has 0 amide bonds. The third-order valence-corrected chi connectivity index (χ3v) is 0.383. The summed E-state index contributed by atoms with van der Waals surface area (Å²) in [5, 5.41) is 8.20. The predicted molar refractivity (Wildman–Crippen MR) is 29.6 cm³/mol. The van der Waals surface area contributed by atoms with Crippen LogP contribution >= 0.6 is 12.2 Å². The standard InChI is InChI=1S/C3H7NO2S/c1-2(5)6-3(4)7/h2,5H,1H3,(H2,4,7). The molecule has 0 saturated carbocycles. The van der Waals surface area contributed by atoms with Crippen LogP contribution in [0.3, 0.4) is 0 Å². The van der Waals surface area contributed by atoms with Gasteiger partial charge in [-0.05, 0) is 19.1 Å². The third kappa shape index (κ3) is 5.65. The Morgan fingerprint density at radius 2 is 2.43 bits per heavy atom. The van der Waals surface area contributed by atoms with Crippen LogP contribution in [0.2, 0.25) is 0 Å². The zero-order valence-electron chi connectivity index (χ0n) is 3.92. The molecule has 0 fully saturated rings. The fourth-order valence-electron chi connectivity index (χ4n) is 0.168. The average molecular weight is 121 g/mol. The topological polar surface area (TPSA) is 55.5 Å². The van der Waals surface area contributed by atoms with E-state index >= 15 is 0 Å². The first-order valence-electron chi connectivity index (χ1n) is 1.77. The molecule has 1 unspecified atom stereocenters. The van der Waals surface area contributed by atoms with Crippen molar-refractivity contribution >= 4 is 17.4 Å². The van der Waals surface area contributed by atoms with Crippen molar-refractivity contribution in [2.24, 2.45) is 5.73 Å². The summed E-state index contributed by atoms with van der Waals surface area (Å²) in [4.78, 5) is 0. The molecule has 0 aliphatic carbocycles. The second-order valence-electron chi connectivity index (χ2n) is 1.04. The molecule has 0 aromatic heterocycles. The molecule has 0 rings (SSSR count). The molecule has 3 nitrogen and oxygen atoms in total. The van der Waals surface area contributed by atoms with Gasteiger partial charge in [0.05, 0.1) is 0 Å². The summed E-state index contributed by atoms with van der Waals surface area (Å²) in [5.41, 5.74) is 4.84. The number of aliphatic hydroxyl groups is 1. The maximum Gasteiger partial charge on any atom is 0.256 e.